The number of ether oxygens (including phenoxy) is 1. The van der Waals surface area contributed by atoms with E-state index in [1.165, 1.54) is 0 Å². The quantitative estimate of drug-likeness (QED) is 0.342. The Morgan fingerprint density at radius 3 is 2.20 bits per heavy atom. The minimum atomic E-state index is -0.855. The molecule has 106 valence electrons. The number of carbonyl (C=O) groups excluding carboxylic acids is 1. The van der Waals surface area contributed by atoms with Crippen molar-refractivity contribution in [1.82, 2.24) is 0 Å². The van der Waals surface area contributed by atoms with Crippen LogP contribution in [0.5, 0.6) is 0 Å². The van der Waals surface area contributed by atoms with Gasteiger partial charge in [0.25, 0.3) is 11.4 Å². The van der Waals surface area contributed by atoms with Crippen molar-refractivity contribution in [2.75, 3.05) is 0 Å². The molecule has 0 amide bonds. The minimum Gasteiger partial charge on any atom is -0.459 e. The summed E-state index contributed by atoms with van der Waals surface area (Å²) in [7, 11) is 0. The fraction of sp³-hybridized carbons (Fsp3) is 0.250. The Hall–Kier alpha value is -2.77. The summed E-state index contributed by atoms with van der Waals surface area (Å²) in [6.45, 7) is 5.10. The van der Waals surface area contributed by atoms with Gasteiger partial charge in [-0.3, -0.25) is 20.2 Å². The van der Waals surface area contributed by atoms with Gasteiger partial charge in [-0.25, -0.2) is 4.79 Å². The molecular weight excluding hydrogens is 268 g/mol. The molecule has 0 fully saturated rings. The number of esters is 1. The second-order valence-corrected chi connectivity index (χ2v) is 3.99. The smallest absolute Gasteiger partial charge is 0.338 e. The Balaban J connectivity index is 3.10. The van der Waals surface area contributed by atoms with Gasteiger partial charge in [0.2, 0.25) is 0 Å². The third kappa shape index (κ3) is 3.87. The van der Waals surface area contributed by atoms with Crippen LogP contribution in [0.3, 0.4) is 0 Å². The van der Waals surface area contributed by atoms with Crippen molar-refractivity contribution >= 4 is 17.3 Å². The maximum atomic E-state index is 11.8. The van der Waals surface area contributed by atoms with Crippen LogP contribution in [0, 0.1) is 20.2 Å². The number of nitro groups is 2. The van der Waals surface area contributed by atoms with Crippen LogP contribution < -0.4 is 0 Å². The molecule has 0 bridgehead atoms. The highest BCUT2D eigenvalue weighted by molar-refractivity contribution is 5.91. The Morgan fingerprint density at radius 2 is 1.80 bits per heavy atom. The van der Waals surface area contributed by atoms with Crippen molar-refractivity contribution < 1.29 is 19.4 Å². The molecule has 0 aliphatic rings. The zero-order valence-corrected chi connectivity index (χ0v) is 10.6. The second kappa shape index (κ2) is 6.41. The zero-order chi connectivity index (χ0) is 15.3. The predicted molar refractivity (Wildman–Crippen MR) is 69.4 cm³/mol. The van der Waals surface area contributed by atoms with E-state index in [0.29, 0.717) is 6.42 Å². The third-order valence-corrected chi connectivity index (χ3v) is 2.37. The molecule has 1 atom stereocenters. The van der Waals surface area contributed by atoms with E-state index < -0.39 is 33.3 Å². The van der Waals surface area contributed by atoms with Crippen LogP contribution in [-0.2, 0) is 4.74 Å². The highest BCUT2D eigenvalue weighted by Crippen LogP contribution is 2.23. The molecule has 1 aromatic rings. The summed E-state index contributed by atoms with van der Waals surface area (Å²) < 4.78 is 4.99. The molecule has 8 heteroatoms. The molecule has 0 saturated carbocycles. The lowest BCUT2D eigenvalue weighted by atomic mass is 10.1. The molecule has 0 heterocycles. The van der Waals surface area contributed by atoms with E-state index in [9.17, 15) is 25.0 Å². The van der Waals surface area contributed by atoms with Gasteiger partial charge in [-0.2, -0.15) is 0 Å². The lowest BCUT2D eigenvalue weighted by Crippen LogP contribution is -2.14. The lowest BCUT2D eigenvalue weighted by Gasteiger charge is -2.10. The number of hydrogen-bond acceptors (Lipinski definition) is 6. The first-order valence-electron chi connectivity index (χ1n) is 5.61. The number of rotatable bonds is 6. The summed E-state index contributed by atoms with van der Waals surface area (Å²) in [6.07, 6.45) is 1.48. The fourth-order valence-corrected chi connectivity index (χ4v) is 1.46. The summed E-state index contributed by atoms with van der Waals surface area (Å²) >= 11 is 0. The van der Waals surface area contributed by atoms with Gasteiger partial charge in [0, 0.05) is 18.6 Å². The van der Waals surface area contributed by atoms with E-state index in [2.05, 4.69) is 6.58 Å². The van der Waals surface area contributed by atoms with E-state index in [1.54, 1.807) is 13.0 Å². The van der Waals surface area contributed by atoms with Crippen molar-refractivity contribution in [2.24, 2.45) is 0 Å². The number of benzene rings is 1. The molecule has 20 heavy (non-hydrogen) atoms. The van der Waals surface area contributed by atoms with Gasteiger partial charge in [-0.1, -0.05) is 6.08 Å². The van der Waals surface area contributed by atoms with E-state index in [-0.39, 0.29) is 5.56 Å². The lowest BCUT2D eigenvalue weighted by molar-refractivity contribution is -0.394. The maximum Gasteiger partial charge on any atom is 0.338 e. The standard InChI is InChI=1S/C12H12N2O6/c1-3-4-8(2)20-12(15)9-5-10(13(16)17)7-11(6-9)14(18)19/h3,5-8H,1,4H2,2H3. The molecule has 0 N–H and O–H groups in total. The fourth-order valence-electron chi connectivity index (χ4n) is 1.46. The Morgan fingerprint density at radius 1 is 1.30 bits per heavy atom. The monoisotopic (exact) mass is 280 g/mol. The number of hydrogen-bond donors (Lipinski definition) is 0. The summed E-state index contributed by atoms with van der Waals surface area (Å²) in [5.41, 5.74) is -1.31. The van der Waals surface area contributed by atoms with Gasteiger partial charge in [0.1, 0.15) is 6.10 Å². The van der Waals surface area contributed by atoms with E-state index in [4.69, 9.17) is 4.74 Å². The summed E-state index contributed by atoms with van der Waals surface area (Å²) in [6, 6.07) is 2.66. The van der Waals surface area contributed by atoms with Crippen LogP contribution in [0.4, 0.5) is 11.4 Å². The number of carbonyl (C=O) groups is 1. The first kappa shape index (κ1) is 15.3. The molecule has 0 aromatic heterocycles. The van der Waals surface area contributed by atoms with Crippen LogP contribution in [0.2, 0.25) is 0 Å². The summed E-state index contributed by atoms with van der Waals surface area (Å²) in [4.78, 5) is 31.5. The molecule has 1 rings (SSSR count). The molecule has 0 aliphatic heterocycles. The van der Waals surface area contributed by atoms with Gasteiger partial charge in [0.15, 0.2) is 0 Å². The maximum absolute atomic E-state index is 11.8. The number of nitrogens with zero attached hydrogens (tertiary/aromatic N) is 2. The normalized spacial score (nSPS) is 11.4. The minimum absolute atomic E-state index is 0.234. The average molecular weight is 280 g/mol. The van der Waals surface area contributed by atoms with E-state index >= 15 is 0 Å². The largest absolute Gasteiger partial charge is 0.459 e. The van der Waals surface area contributed by atoms with Gasteiger partial charge < -0.3 is 4.74 Å². The van der Waals surface area contributed by atoms with Crippen LogP contribution in [0.15, 0.2) is 30.9 Å². The van der Waals surface area contributed by atoms with Crippen LogP contribution in [0.25, 0.3) is 0 Å². The van der Waals surface area contributed by atoms with Gasteiger partial charge in [0.05, 0.1) is 21.5 Å². The molecule has 1 aromatic carbocycles. The Bertz CT molecular complexity index is 537. The van der Waals surface area contributed by atoms with Crippen molar-refractivity contribution in [2.45, 2.75) is 19.4 Å². The molecule has 8 nitrogen and oxygen atoms in total. The first-order valence-corrected chi connectivity index (χ1v) is 5.61. The Kier molecular flexibility index (Phi) is 4.90. The number of nitro benzene ring substituents is 2. The third-order valence-electron chi connectivity index (χ3n) is 2.37. The van der Waals surface area contributed by atoms with Gasteiger partial charge in [-0.05, 0) is 6.92 Å². The second-order valence-electron chi connectivity index (χ2n) is 3.99. The Labute approximate surface area is 114 Å². The summed E-state index contributed by atoms with van der Waals surface area (Å²) in [5, 5.41) is 21.4. The average Bonchev–Trinajstić information content (AvgIpc) is 2.38. The highest BCUT2D eigenvalue weighted by Gasteiger charge is 2.21. The van der Waals surface area contributed by atoms with Crippen molar-refractivity contribution in [3.05, 3.63) is 56.6 Å². The van der Waals surface area contributed by atoms with Crippen LogP contribution >= 0.6 is 0 Å². The van der Waals surface area contributed by atoms with Gasteiger partial charge >= 0.3 is 5.97 Å². The zero-order valence-electron chi connectivity index (χ0n) is 10.6. The van der Waals surface area contributed by atoms with Crippen molar-refractivity contribution in [3.63, 3.8) is 0 Å². The molecule has 0 aliphatic carbocycles. The predicted octanol–water partition coefficient (Wildman–Crippen LogP) is 2.62. The molecule has 0 radical (unpaired) electrons. The van der Waals surface area contributed by atoms with Crippen molar-refractivity contribution in [1.29, 1.82) is 0 Å². The molecule has 1 unspecified atom stereocenters. The van der Waals surface area contributed by atoms with E-state index in [1.807, 2.05) is 0 Å². The molecule has 0 saturated heterocycles. The van der Waals surface area contributed by atoms with Crippen molar-refractivity contribution in [3.8, 4) is 0 Å². The topological polar surface area (TPSA) is 113 Å². The molecule has 0 spiro atoms. The van der Waals surface area contributed by atoms with Gasteiger partial charge in [-0.15, -0.1) is 6.58 Å². The molecular formula is C12H12N2O6. The first-order chi connectivity index (χ1) is 9.35. The number of non-ortho nitro benzene ring substituents is 2. The summed E-state index contributed by atoms with van der Waals surface area (Å²) in [5.74, 6) is -0.855. The SMILES string of the molecule is C=CCC(C)OC(=O)c1cc([N+](=O)[O-])cc([N+](=O)[O-])c1. The van der Waals surface area contributed by atoms with Crippen LogP contribution in [-0.4, -0.2) is 21.9 Å². The van der Waals surface area contributed by atoms with E-state index in [0.717, 1.165) is 18.2 Å². The van der Waals surface area contributed by atoms with Crippen LogP contribution in [0.1, 0.15) is 23.7 Å². The highest BCUT2D eigenvalue weighted by atomic mass is 16.6.